The molecule has 0 saturated heterocycles. The summed E-state index contributed by atoms with van der Waals surface area (Å²) in [5.74, 6) is 1.03. The van der Waals surface area contributed by atoms with Gasteiger partial charge in [0.25, 0.3) is 0 Å². The van der Waals surface area contributed by atoms with Gasteiger partial charge in [0.2, 0.25) is 0 Å². The number of rotatable bonds is 7. The van der Waals surface area contributed by atoms with Crippen molar-refractivity contribution in [2.45, 2.75) is 45.7 Å². The van der Waals surface area contributed by atoms with Crippen molar-refractivity contribution in [3.63, 3.8) is 0 Å². The smallest absolute Gasteiger partial charge is 0.126 e. The second-order valence-corrected chi connectivity index (χ2v) is 5.97. The summed E-state index contributed by atoms with van der Waals surface area (Å²) in [6.07, 6.45) is 3.06. The van der Waals surface area contributed by atoms with E-state index in [0.717, 1.165) is 43.7 Å². The minimum atomic E-state index is 0.0156. The van der Waals surface area contributed by atoms with Crippen LogP contribution in [0.3, 0.4) is 0 Å². The van der Waals surface area contributed by atoms with Crippen LogP contribution in [-0.4, -0.2) is 35.1 Å². The number of imidazole rings is 1. The van der Waals surface area contributed by atoms with Gasteiger partial charge in [-0.15, -0.1) is 0 Å². The van der Waals surface area contributed by atoms with Gasteiger partial charge in [-0.05, 0) is 57.6 Å². The number of aryl methyl sites for hydroxylation is 2. The Bertz CT molecular complexity index is 586. The van der Waals surface area contributed by atoms with Crippen LogP contribution in [-0.2, 0) is 13.0 Å². The molecule has 4 heteroatoms. The van der Waals surface area contributed by atoms with Gasteiger partial charge in [-0.3, -0.25) is 0 Å². The van der Waals surface area contributed by atoms with Crippen molar-refractivity contribution in [3.05, 3.63) is 29.6 Å². The quantitative estimate of drug-likeness (QED) is 0.852. The van der Waals surface area contributed by atoms with Gasteiger partial charge in [0, 0.05) is 6.54 Å². The van der Waals surface area contributed by atoms with Gasteiger partial charge in [-0.1, -0.05) is 19.9 Å². The third kappa shape index (κ3) is 3.63. The molecule has 1 atom stereocenters. The average Bonchev–Trinajstić information content (AvgIpc) is 2.84. The van der Waals surface area contributed by atoms with E-state index in [1.54, 1.807) is 0 Å². The van der Waals surface area contributed by atoms with Crippen LogP contribution in [0.15, 0.2) is 18.2 Å². The second-order valence-electron chi connectivity index (χ2n) is 5.97. The van der Waals surface area contributed by atoms with Crippen LogP contribution in [0.1, 0.15) is 44.1 Å². The third-order valence-electron chi connectivity index (χ3n) is 4.01. The Hall–Kier alpha value is -1.39. The molecule has 2 rings (SSSR count). The summed E-state index contributed by atoms with van der Waals surface area (Å²) in [5.41, 5.74) is 9.89. The van der Waals surface area contributed by atoms with Crippen molar-refractivity contribution in [3.8, 4) is 0 Å². The molecule has 0 spiro atoms. The summed E-state index contributed by atoms with van der Waals surface area (Å²) in [4.78, 5) is 7.03. The molecule has 0 fully saturated rings. The third-order valence-corrected chi connectivity index (χ3v) is 4.01. The highest BCUT2D eigenvalue weighted by molar-refractivity contribution is 5.77. The van der Waals surface area contributed by atoms with Crippen molar-refractivity contribution in [2.24, 2.45) is 5.73 Å². The van der Waals surface area contributed by atoms with Crippen LogP contribution in [0.4, 0.5) is 0 Å². The molecule has 0 bridgehead atoms. The van der Waals surface area contributed by atoms with Gasteiger partial charge in [0.15, 0.2) is 0 Å². The van der Waals surface area contributed by atoms with E-state index in [1.165, 1.54) is 11.1 Å². The van der Waals surface area contributed by atoms with Gasteiger partial charge >= 0.3 is 0 Å². The largest absolute Gasteiger partial charge is 0.327 e. The van der Waals surface area contributed by atoms with Crippen LogP contribution in [0.5, 0.6) is 0 Å². The van der Waals surface area contributed by atoms with E-state index in [2.05, 4.69) is 55.6 Å². The molecule has 1 unspecified atom stereocenters. The van der Waals surface area contributed by atoms with Crippen LogP contribution >= 0.6 is 0 Å². The van der Waals surface area contributed by atoms with E-state index in [-0.39, 0.29) is 6.04 Å². The highest BCUT2D eigenvalue weighted by atomic mass is 15.1. The van der Waals surface area contributed by atoms with E-state index < -0.39 is 0 Å². The second kappa shape index (κ2) is 7.05. The summed E-state index contributed by atoms with van der Waals surface area (Å²) < 4.78 is 2.31. The topological polar surface area (TPSA) is 47.1 Å². The van der Waals surface area contributed by atoms with Crippen molar-refractivity contribution >= 4 is 11.0 Å². The lowest BCUT2D eigenvalue weighted by Gasteiger charge is -2.15. The molecule has 0 saturated carbocycles. The van der Waals surface area contributed by atoms with Gasteiger partial charge in [0.05, 0.1) is 17.1 Å². The first-order valence-electron chi connectivity index (χ1n) is 7.96. The highest BCUT2D eigenvalue weighted by Gasteiger charge is 2.15. The van der Waals surface area contributed by atoms with Crippen LogP contribution in [0.25, 0.3) is 11.0 Å². The van der Waals surface area contributed by atoms with Crippen LogP contribution < -0.4 is 5.73 Å². The predicted octanol–water partition coefficient (Wildman–Crippen LogP) is 2.96. The number of benzene rings is 1. The molecule has 0 aliphatic heterocycles. The van der Waals surface area contributed by atoms with Crippen molar-refractivity contribution in [2.75, 3.05) is 20.6 Å². The maximum absolute atomic E-state index is 6.27. The Balaban J connectivity index is 2.37. The Kier molecular flexibility index (Phi) is 5.37. The van der Waals surface area contributed by atoms with Crippen LogP contribution in [0, 0.1) is 0 Å². The normalized spacial score (nSPS) is 13.2. The Morgan fingerprint density at radius 1 is 1.29 bits per heavy atom. The van der Waals surface area contributed by atoms with Gasteiger partial charge in [-0.2, -0.15) is 0 Å². The van der Waals surface area contributed by atoms with E-state index in [1.807, 2.05) is 0 Å². The fourth-order valence-corrected chi connectivity index (χ4v) is 2.66. The predicted molar refractivity (Wildman–Crippen MR) is 89.5 cm³/mol. The number of aromatic nitrogens is 2. The molecular weight excluding hydrogens is 260 g/mol. The van der Waals surface area contributed by atoms with Gasteiger partial charge in [0.1, 0.15) is 5.82 Å². The number of nitrogens with two attached hydrogens (primary N) is 1. The molecule has 1 heterocycles. The van der Waals surface area contributed by atoms with Crippen LogP contribution in [0.2, 0.25) is 0 Å². The SMILES string of the molecule is CCc1ccc2c(c1)nc(C(N)CC)n2CCCN(C)C. The molecule has 116 valence electrons. The molecule has 21 heavy (non-hydrogen) atoms. The zero-order valence-electron chi connectivity index (χ0n) is 13.8. The zero-order chi connectivity index (χ0) is 15.4. The lowest BCUT2D eigenvalue weighted by atomic mass is 10.1. The fraction of sp³-hybridized carbons (Fsp3) is 0.588. The van der Waals surface area contributed by atoms with E-state index in [4.69, 9.17) is 10.7 Å². The number of fused-ring (bicyclic) bond motifs is 1. The number of nitrogens with zero attached hydrogens (tertiary/aromatic N) is 3. The maximum atomic E-state index is 6.27. The molecular formula is C17H28N4. The Labute approximate surface area is 128 Å². The zero-order valence-corrected chi connectivity index (χ0v) is 13.8. The first kappa shape index (κ1) is 16.0. The summed E-state index contributed by atoms with van der Waals surface area (Å²) in [5, 5.41) is 0. The summed E-state index contributed by atoms with van der Waals surface area (Å²) in [7, 11) is 4.22. The number of hydrogen-bond donors (Lipinski definition) is 1. The molecule has 2 aromatic rings. The lowest BCUT2D eigenvalue weighted by molar-refractivity contribution is 0.384. The fourth-order valence-electron chi connectivity index (χ4n) is 2.66. The van der Waals surface area contributed by atoms with Gasteiger partial charge < -0.3 is 15.2 Å². The molecule has 0 radical (unpaired) electrons. The Morgan fingerprint density at radius 3 is 2.67 bits per heavy atom. The maximum Gasteiger partial charge on any atom is 0.126 e. The molecule has 0 aliphatic carbocycles. The average molecular weight is 288 g/mol. The molecule has 1 aromatic heterocycles. The van der Waals surface area contributed by atoms with Crippen molar-refractivity contribution in [1.29, 1.82) is 0 Å². The van der Waals surface area contributed by atoms with Crippen molar-refractivity contribution in [1.82, 2.24) is 14.5 Å². The molecule has 0 aliphatic rings. The molecule has 1 aromatic carbocycles. The standard InChI is InChI=1S/C17H28N4/c1-5-13-8-9-16-15(12-13)19-17(14(18)6-2)21(16)11-7-10-20(3)4/h8-9,12,14H,5-7,10-11,18H2,1-4H3. The Morgan fingerprint density at radius 2 is 2.05 bits per heavy atom. The minimum absolute atomic E-state index is 0.0156. The van der Waals surface area contributed by atoms with E-state index in [0.29, 0.717) is 0 Å². The molecule has 0 amide bonds. The summed E-state index contributed by atoms with van der Waals surface area (Å²) in [6, 6.07) is 6.61. The monoisotopic (exact) mass is 288 g/mol. The minimum Gasteiger partial charge on any atom is -0.327 e. The van der Waals surface area contributed by atoms with E-state index >= 15 is 0 Å². The molecule has 2 N–H and O–H groups in total. The highest BCUT2D eigenvalue weighted by Crippen LogP contribution is 2.23. The lowest BCUT2D eigenvalue weighted by Crippen LogP contribution is -2.19. The van der Waals surface area contributed by atoms with Gasteiger partial charge in [-0.25, -0.2) is 4.98 Å². The first-order valence-corrected chi connectivity index (χ1v) is 7.96. The summed E-state index contributed by atoms with van der Waals surface area (Å²) in [6.45, 7) is 6.34. The van der Waals surface area contributed by atoms with E-state index in [9.17, 15) is 0 Å². The number of hydrogen-bond acceptors (Lipinski definition) is 3. The van der Waals surface area contributed by atoms with Crippen molar-refractivity contribution < 1.29 is 0 Å². The summed E-state index contributed by atoms with van der Waals surface area (Å²) >= 11 is 0. The molecule has 4 nitrogen and oxygen atoms in total. The first-order chi connectivity index (χ1) is 10.1.